The van der Waals surface area contributed by atoms with E-state index in [-0.39, 0.29) is 23.8 Å². The monoisotopic (exact) mass is 480 g/mol. The number of aliphatic hydroxyl groups excluding tert-OH is 1. The topological polar surface area (TPSA) is 94.1 Å². The van der Waals surface area contributed by atoms with Crippen molar-refractivity contribution in [3.8, 4) is 5.75 Å². The van der Waals surface area contributed by atoms with Gasteiger partial charge in [0.1, 0.15) is 5.75 Å². The summed E-state index contributed by atoms with van der Waals surface area (Å²) in [7, 11) is 1.64. The predicted molar refractivity (Wildman–Crippen MR) is 134 cm³/mol. The van der Waals surface area contributed by atoms with Gasteiger partial charge in [0.2, 0.25) is 5.91 Å². The van der Waals surface area contributed by atoms with E-state index in [9.17, 15) is 14.7 Å². The van der Waals surface area contributed by atoms with Crippen LogP contribution in [-0.2, 0) is 11.3 Å². The molecule has 3 N–H and O–H groups in total. The Hall–Kier alpha value is -2.94. The molecule has 1 saturated carbocycles. The van der Waals surface area contributed by atoms with Gasteiger partial charge < -0.3 is 19.6 Å². The summed E-state index contributed by atoms with van der Waals surface area (Å²) in [4.78, 5) is 29.5. The number of aliphatic hydroxyl groups is 1. The SMILES string of the molecule is COc1ccc(CNC(O)NC2CCC(C(=O)N3CCN(C(=O)c4ccccc4)CC3)CC2)cc1. The molecule has 0 bridgehead atoms. The van der Waals surface area contributed by atoms with Gasteiger partial charge >= 0.3 is 0 Å². The number of ether oxygens (including phenoxy) is 1. The summed E-state index contributed by atoms with van der Waals surface area (Å²) < 4.78 is 5.17. The molecule has 1 aliphatic heterocycles. The number of hydrogen-bond donors (Lipinski definition) is 3. The molecule has 2 fully saturated rings. The molecule has 1 saturated heterocycles. The minimum Gasteiger partial charge on any atom is -0.497 e. The fraction of sp³-hybridized carbons (Fsp3) is 0.481. The first-order valence-corrected chi connectivity index (χ1v) is 12.5. The van der Waals surface area contributed by atoms with E-state index in [1.165, 1.54) is 0 Å². The van der Waals surface area contributed by atoms with Gasteiger partial charge in [-0.1, -0.05) is 30.3 Å². The van der Waals surface area contributed by atoms with Gasteiger partial charge in [-0.25, -0.2) is 0 Å². The molecule has 0 radical (unpaired) electrons. The maximum Gasteiger partial charge on any atom is 0.253 e. The molecular formula is C27H36N4O4. The number of nitrogens with one attached hydrogen (secondary N) is 2. The molecular weight excluding hydrogens is 444 g/mol. The lowest BCUT2D eigenvalue weighted by Crippen LogP contribution is -2.53. The average Bonchev–Trinajstić information content (AvgIpc) is 2.92. The third kappa shape index (κ3) is 6.81. The number of nitrogens with zero attached hydrogens (tertiary/aromatic N) is 2. The van der Waals surface area contributed by atoms with Crippen LogP contribution in [0.2, 0.25) is 0 Å². The van der Waals surface area contributed by atoms with Crippen molar-refractivity contribution in [1.29, 1.82) is 0 Å². The molecule has 1 unspecified atom stereocenters. The zero-order valence-electron chi connectivity index (χ0n) is 20.4. The number of amides is 2. The van der Waals surface area contributed by atoms with Gasteiger partial charge in [-0.05, 0) is 55.5 Å². The van der Waals surface area contributed by atoms with Crippen LogP contribution in [0.25, 0.3) is 0 Å². The van der Waals surface area contributed by atoms with E-state index in [4.69, 9.17) is 4.74 Å². The smallest absolute Gasteiger partial charge is 0.253 e. The van der Waals surface area contributed by atoms with Crippen molar-refractivity contribution in [2.75, 3.05) is 33.3 Å². The van der Waals surface area contributed by atoms with Crippen LogP contribution < -0.4 is 15.4 Å². The van der Waals surface area contributed by atoms with Crippen molar-refractivity contribution in [3.05, 3.63) is 65.7 Å². The number of hydrogen-bond acceptors (Lipinski definition) is 6. The first kappa shape index (κ1) is 25.2. The molecule has 8 nitrogen and oxygen atoms in total. The molecule has 35 heavy (non-hydrogen) atoms. The van der Waals surface area contributed by atoms with Crippen LogP contribution in [-0.4, -0.2) is 72.4 Å². The van der Waals surface area contributed by atoms with Crippen LogP contribution in [0.4, 0.5) is 0 Å². The van der Waals surface area contributed by atoms with Crippen LogP contribution in [0.15, 0.2) is 54.6 Å². The first-order valence-electron chi connectivity index (χ1n) is 12.5. The number of carbonyl (C=O) groups excluding carboxylic acids is 2. The molecule has 1 heterocycles. The molecule has 1 aliphatic carbocycles. The number of carbonyl (C=O) groups is 2. The number of rotatable bonds is 8. The van der Waals surface area contributed by atoms with E-state index in [0.29, 0.717) is 38.3 Å². The van der Waals surface area contributed by atoms with E-state index >= 15 is 0 Å². The molecule has 1 atom stereocenters. The minimum absolute atomic E-state index is 0.0221. The van der Waals surface area contributed by atoms with Crippen LogP contribution in [0.3, 0.4) is 0 Å². The van der Waals surface area contributed by atoms with Gasteiger partial charge in [0, 0.05) is 50.2 Å². The first-order chi connectivity index (χ1) is 17.0. The molecule has 8 heteroatoms. The highest BCUT2D eigenvalue weighted by atomic mass is 16.5. The van der Waals surface area contributed by atoms with Gasteiger partial charge in [-0.2, -0.15) is 0 Å². The summed E-state index contributed by atoms with van der Waals surface area (Å²) in [5.41, 5.74) is 1.75. The van der Waals surface area contributed by atoms with Crippen LogP contribution >= 0.6 is 0 Å². The summed E-state index contributed by atoms with van der Waals surface area (Å²) in [6, 6.07) is 17.2. The Morgan fingerprint density at radius 2 is 1.57 bits per heavy atom. The maximum absolute atomic E-state index is 13.1. The molecule has 188 valence electrons. The molecule has 0 spiro atoms. The van der Waals surface area contributed by atoms with Crippen LogP contribution in [0.1, 0.15) is 41.6 Å². The van der Waals surface area contributed by atoms with Crippen molar-refractivity contribution in [3.63, 3.8) is 0 Å². The van der Waals surface area contributed by atoms with E-state index < -0.39 is 6.35 Å². The quantitative estimate of drug-likeness (QED) is 0.502. The van der Waals surface area contributed by atoms with Crippen molar-refractivity contribution in [1.82, 2.24) is 20.4 Å². The third-order valence-corrected chi connectivity index (χ3v) is 7.03. The van der Waals surface area contributed by atoms with E-state index in [1.807, 2.05) is 64.4 Å². The highest BCUT2D eigenvalue weighted by Gasteiger charge is 2.32. The second kappa shape index (κ2) is 12.2. The predicted octanol–water partition coefficient (Wildman–Crippen LogP) is 2.19. The largest absolute Gasteiger partial charge is 0.497 e. The zero-order chi connectivity index (χ0) is 24.6. The van der Waals surface area contributed by atoms with Gasteiger partial charge in [-0.15, -0.1) is 0 Å². The Morgan fingerprint density at radius 3 is 2.20 bits per heavy atom. The Labute approximate surface area is 207 Å². The molecule has 2 aromatic rings. The lowest BCUT2D eigenvalue weighted by atomic mass is 9.85. The summed E-state index contributed by atoms with van der Waals surface area (Å²) in [5.74, 6) is 1.06. The maximum atomic E-state index is 13.1. The molecule has 4 rings (SSSR count). The third-order valence-electron chi connectivity index (χ3n) is 7.03. The van der Waals surface area contributed by atoms with Crippen LogP contribution in [0.5, 0.6) is 5.75 Å². The van der Waals surface area contributed by atoms with Gasteiger partial charge in [-0.3, -0.25) is 20.2 Å². The van der Waals surface area contributed by atoms with Crippen LogP contribution in [0, 0.1) is 5.92 Å². The second-order valence-electron chi connectivity index (χ2n) is 9.33. The van der Waals surface area contributed by atoms with Gasteiger partial charge in [0.05, 0.1) is 7.11 Å². The summed E-state index contributed by atoms with van der Waals surface area (Å²) in [5, 5.41) is 16.7. The highest BCUT2D eigenvalue weighted by Crippen LogP contribution is 2.27. The van der Waals surface area contributed by atoms with Gasteiger partial charge in [0.25, 0.3) is 5.91 Å². The average molecular weight is 481 g/mol. The summed E-state index contributed by atoms with van der Waals surface area (Å²) in [6.45, 7) is 2.86. The molecule has 2 amide bonds. The Balaban J connectivity index is 1.15. The van der Waals surface area contributed by atoms with Crippen molar-refractivity contribution in [2.45, 2.75) is 44.6 Å². The van der Waals surface area contributed by atoms with E-state index in [0.717, 1.165) is 37.0 Å². The number of piperazine rings is 1. The lowest BCUT2D eigenvalue weighted by molar-refractivity contribution is -0.138. The number of methoxy groups -OCH3 is 1. The normalized spacial score (nSPS) is 21.4. The minimum atomic E-state index is -0.801. The van der Waals surface area contributed by atoms with E-state index in [1.54, 1.807) is 7.11 Å². The van der Waals surface area contributed by atoms with Crippen molar-refractivity contribution < 1.29 is 19.4 Å². The highest BCUT2D eigenvalue weighted by molar-refractivity contribution is 5.94. The standard InChI is InChI=1S/C27H36N4O4/c1-35-24-13-7-20(8-14-24)19-28-27(34)29-23-11-9-22(10-12-23)26(33)31-17-15-30(16-18-31)25(32)21-5-3-2-4-6-21/h2-8,13-14,22-23,27-29,34H,9-12,15-19H2,1H3. The Morgan fingerprint density at radius 1 is 0.943 bits per heavy atom. The summed E-state index contributed by atoms with van der Waals surface area (Å²) >= 11 is 0. The van der Waals surface area contributed by atoms with Crippen molar-refractivity contribution in [2.24, 2.45) is 5.92 Å². The molecule has 2 aromatic carbocycles. The Kier molecular flexibility index (Phi) is 8.74. The zero-order valence-corrected chi connectivity index (χ0v) is 20.4. The second-order valence-corrected chi connectivity index (χ2v) is 9.33. The van der Waals surface area contributed by atoms with Gasteiger partial charge in [0.15, 0.2) is 6.35 Å². The fourth-order valence-corrected chi connectivity index (χ4v) is 4.90. The lowest BCUT2D eigenvalue weighted by Gasteiger charge is -2.38. The molecule has 2 aliphatic rings. The van der Waals surface area contributed by atoms with Crippen molar-refractivity contribution >= 4 is 11.8 Å². The Bertz CT molecular complexity index is 953. The molecule has 0 aromatic heterocycles. The fourth-order valence-electron chi connectivity index (χ4n) is 4.90. The number of benzene rings is 2. The van der Waals surface area contributed by atoms with E-state index in [2.05, 4.69) is 10.6 Å². The summed E-state index contributed by atoms with van der Waals surface area (Å²) in [6.07, 6.45) is 2.52.